The van der Waals surface area contributed by atoms with Gasteiger partial charge < -0.3 is 0 Å². The van der Waals surface area contributed by atoms with Gasteiger partial charge in [-0.25, -0.2) is 16.8 Å². The summed E-state index contributed by atoms with van der Waals surface area (Å²) >= 11 is 5.53. The van der Waals surface area contributed by atoms with E-state index in [0.717, 1.165) is 24.3 Å². The van der Waals surface area contributed by atoms with E-state index in [2.05, 4.69) is 4.72 Å². The van der Waals surface area contributed by atoms with Crippen LogP contribution in [0.3, 0.4) is 0 Å². The highest BCUT2D eigenvalue weighted by Crippen LogP contribution is 2.36. The number of alkyl halides is 3. The summed E-state index contributed by atoms with van der Waals surface area (Å²) in [4.78, 5) is -0.254. The minimum atomic E-state index is -4.75. The van der Waals surface area contributed by atoms with Crippen molar-refractivity contribution in [3.8, 4) is 0 Å². The van der Waals surface area contributed by atoms with Crippen molar-refractivity contribution in [1.29, 1.82) is 0 Å². The molecule has 0 bridgehead atoms. The second kappa shape index (κ2) is 8.40. The van der Waals surface area contributed by atoms with E-state index in [1.54, 1.807) is 18.2 Å². The van der Waals surface area contributed by atoms with E-state index in [9.17, 15) is 30.0 Å². The van der Waals surface area contributed by atoms with Crippen molar-refractivity contribution >= 4 is 43.0 Å². The second-order valence-corrected chi connectivity index (χ2v) is 10.0. The predicted octanol–water partition coefficient (Wildman–Crippen LogP) is 4.96. The Kier molecular flexibility index (Phi) is 6.21. The number of hydrogen-bond donors (Lipinski definition) is 2. The van der Waals surface area contributed by atoms with E-state index in [1.165, 1.54) is 24.3 Å². The topological polar surface area (TPSA) is 92.3 Å². The fourth-order valence-electron chi connectivity index (χ4n) is 2.54. The van der Waals surface area contributed by atoms with Gasteiger partial charge in [0.2, 0.25) is 0 Å². The molecule has 164 valence electrons. The highest BCUT2D eigenvalue weighted by Gasteiger charge is 2.33. The second-order valence-electron chi connectivity index (χ2n) is 6.24. The van der Waals surface area contributed by atoms with Crippen LogP contribution in [-0.4, -0.2) is 16.8 Å². The Morgan fingerprint density at radius 3 is 1.71 bits per heavy atom. The van der Waals surface area contributed by atoms with E-state index in [4.69, 9.17) is 11.6 Å². The first kappa shape index (κ1) is 22.9. The molecule has 0 atom stereocenters. The molecular formula is C19H14ClF3N2O4S2. The van der Waals surface area contributed by atoms with Gasteiger partial charge in [0, 0.05) is 11.4 Å². The van der Waals surface area contributed by atoms with Gasteiger partial charge in [-0.1, -0.05) is 29.8 Å². The van der Waals surface area contributed by atoms with Crippen LogP contribution in [0, 0.1) is 0 Å². The summed E-state index contributed by atoms with van der Waals surface area (Å²) in [6.07, 6.45) is -4.75. The first-order valence-electron chi connectivity index (χ1n) is 8.46. The fraction of sp³-hybridized carbons (Fsp3) is 0.0526. The van der Waals surface area contributed by atoms with Crippen LogP contribution >= 0.6 is 11.6 Å². The molecule has 6 nitrogen and oxygen atoms in total. The van der Waals surface area contributed by atoms with Crippen molar-refractivity contribution in [3.05, 3.63) is 83.4 Å². The van der Waals surface area contributed by atoms with Crippen LogP contribution < -0.4 is 9.44 Å². The first-order chi connectivity index (χ1) is 14.4. The molecule has 0 unspecified atom stereocenters. The lowest BCUT2D eigenvalue weighted by atomic mass is 10.2. The monoisotopic (exact) mass is 490 g/mol. The molecule has 0 fully saturated rings. The Bertz CT molecular complexity index is 1300. The highest BCUT2D eigenvalue weighted by molar-refractivity contribution is 7.93. The molecule has 0 heterocycles. The molecule has 0 saturated carbocycles. The van der Waals surface area contributed by atoms with E-state index in [-0.39, 0.29) is 21.2 Å². The van der Waals surface area contributed by atoms with Crippen molar-refractivity contribution < 1.29 is 30.0 Å². The fourth-order valence-corrected chi connectivity index (χ4v) is 4.89. The van der Waals surface area contributed by atoms with Crippen molar-refractivity contribution in [2.24, 2.45) is 0 Å². The van der Waals surface area contributed by atoms with Crippen LogP contribution in [0.4, 0.5) is 24.5 Å². The van der Waals surface area contributed by atoms with Crippen molar-refractivity contribution in [1.82, 2.24) is 0 Å². The largest absolute Gasteiger partial charge is 0.417 e. The molecule has 0 aliphatic rings. The van der Waals surface area contributed by atoms with Gasteiger partial charge in [-0.15, -0.1) is 0 Å². The minimum Gasteiger partial charge on any atom is -0.280 e. The van der Waals surface area contributed by atoms with Gasteiger partial charge in [0.25, 0.3) is 20.0 Å². The maximum atomic E-state index is 13.0. The zero-order valence-corrected chi connectivity index (χ0v) is 17.8. The molecule has 31 heavy (non-hydrogen) atoms. The molecule has 0 aliphatic heterocycles. The summed E-state index contributed by atoms with van der Waals surface area (Å²) in [6.45, 7) is 0. The van der Waals surface area contributed by atoms with Gasteiger partial charge in [-0.05, 0) is 54.6 Å². The lowest BCUT2D eigenvalue weighted by Gasteiger charge is -2.13. The Morgan fingerprint density at radius 1 is 0.677 bits per heavy atom. The van der Waals surface area contributed by atoms with E-state index in [1.807, 2.05) is 4.72 Å². The first-order valence-corrected chi connectivity index (χ1v) is 11.8. The van der Waals surface area contributed by atoms with Gasteiger partial charge >= 0.3 is 6.18 Å². The van der Waals surface area contributed by atoms with E-state index in [0.29, 0.717) is 6.07 Å². The third-order valence-electron chi connectivity index (χ3n) is 3.99. The predicted molar refractivity (Wildman–Crippen MR) is 111 cm³/mol. The summed E-state index contributed by atoms with van der Waals surface area (Å²) in [5.74, 6) is 0. The average Bonchev–Trinajstić information content (AvgIpc) is 2.69. The smallest absolute Gasteiger partial charge is 0.280 e. The van der Waals surface area contributed by atoms with Gasteiger partial charge in [0.15, 0.2) is 0 Å². The van der Waals surface area contributed by atoms with E-state index >= 15 is 0 Å². The SMILES string of the molecule is O=S(=O)(Nc1ccc(S(=O)(=O)Nc2ccc(Cl)c(C(F)(F)F)c2)cc1)c1ccccc1. The molecule has 0 aliphatic carbocycles. The molecule has 3 rings (SSSR count). The van der Waals surface area contributed by atoms with Gasteiger partial charge in [0.1, 0.15) is 0 Å². The standard InChI is InChI=1S/C19H14ClF3N2O4S2/c20-18-11-8-14(12-17(18)19(21,22)23)25-31(28,29)16-9-6-13(7-10-16)24-30(26,27)15-4-2-1-3-5-15/h1-12,24-25H. The molecule has 0 spiro atoms. The van der Waals surface area contributed by atoms with Crippen LogP contribution in [0.25, 0.3) is 0 Å². The third kappa shape index (κ3) is 5.49. The summed E-state index contributed by atoms with van der Waals surface area (Å²) < 4.78 is 92.9. The number of halogens is 4. The normalized spacial score (nSPS) is 12.4. The summed E-state index contributed by atoms with van der Waals surface area (Å²) in [7, 11) is -8.11. The number of rotatable bonds is 6. The Balaban J connectivity index is 1.81. The molecular weight excluding hydrogens is 477 g/mol. The number of anilines is 2. The van der Waals surface area contributed by atoms with Crippen LogP contribution in [0.5, 0.6) is 0 Å². The maximum Gasteiger partial charge on any atom is 0.417 e. The molecule has 0 amide bonds. The molecule has 3 aromatic rings. The number of sulfonamides is 2. The van der Waals surface area contributed by atoms with E-state index < -0.39 is 36.8 Å². The quantitative estimate of drug-likeness (QED) is 0.511. The molecule has 0 saturated heterocycles. The summed E-state index contributed by atoms with van der Waals surface area (Å²) in [6, 6.07) is 14.8. The van der Waals surface area contributed by atoms with Crippen LogP contribution in [0.2, 0.25) is 5.02 Å². The molecule has 2 N–H and O–H groups in total. The van der Waals surface area contributed by atoms with Crippen LogP contribution in [0.15, 0.2) is 82.6 Å². The van der Waals surface area contributed by atoms with Gasteiger partial charge in [0.05, 0.1) is 20.4 Å². The minimum absolute atomic E-state index is 0.0246. The Labute approximate surface area is 181 Å². The van der Waals surface area contributed by atoms with Crippen molar-refractivity contribution in [2.75, 3.05) is 9.44 Å². The van der Waals surface area contributed by atoms with Gasteiger partial charge in [-0.2, -0.15) is 13.2 Å². The zero-order chi connectivity index (χ0) is 22.9. The summed E-state index contributed by atoms with van der Waals surface area (Å²) in [5.41, 5.74) is -1.40. The van der Waals surface area contributed by atoms with Crippen LogP contribution in [-0.2, 0) is 26.2 Å². The Morgan fingerprint density at radius 2 is 1.16 bits per heavy atom. The number of hydrogen-bond acceptors (Lipinski definition) is 4. The van der Waals surface area contributed by atoms with Crippen molar-refractivity contribution in [2.45, 2.75) is 16.0 Å². The molecule has 3 aromatic carbocycles. The third-order valence-corrected chi connectivity index (χ3v) is 7.12. The molecule has 0 aromatic heterocycles. The Hall–Kier alpha value is -2.76. The summed E-state index contributed by atoms with van der Waals surface area (Å²) in [5, 5.41) is -0.564. The zero-order valence-electron chi connectivity index (χ0n) is 15.4. The lowest BCUT2D eigenvalue weighted by molar-refractivity contribution is -0.137. The van der Waals surface area contributed by atoms with Crippen LogP contribution in [0.1, 0.15) is 5.56 Å². The average molecular weight is 491 g/mol. The van der Waals surface area contributed by atoms with Crippen molar-refractivity contribution in [3.63, 3.8) is 0 Å². The number of nitrogens with one attached hydrogen (secondary N) is 2. The molecule has 12 heteroatoms. The maximum absolute atomic E-state index is 13.0. The highest BCUT2D eigenvalue weighted by atomic mass is 35.5. The number of benzene rings is 3. The van der Waals surface area contributed by atoms with Gasteiger partial charge in [-0.3, -0.25) is 9.44 Å². The lowest BCUT2D eigenvalue weighted by Crippen LogP contribution is -2.15. The molecule has 0 radical (unpaired) electrons.